The molecule has 112 valence electrons. The van der Waals surface area contributed by atoms with E-state index in [-0.39, 0.29) is 10.8 Å². The van der Waals surface area contributed by atoms with Gasteiger partial charge in [-0.2, -0.15) is 0 Å². The molecule has 1 unspecified atom stereocenters. The standard InChI is InChI=1S/C13H25NO.C2H4O2/c1-10-8-14(9-13(10,5)6)11(15)7-12(2,3)4;1-4-2-3/h10H,7-9H2,1-6H3;2H,1H3. The quantitative estimate of drug-likeness (QED) is 0.725. The van der Waals surface area contributed by atoms with Crippen LogP contribution in [0.15, 0.2) is 0 Å². The van der Waals surface area contributed by atoms with Crippen LogP contribution in [0.3, 0.4) is 0 Å². The maximum absolute atomic E-state index is 12.0. The highest BCUT2D eigenvalue weighted by atomic mass is 16.5. The van der Waals surface area contributed by atoms with Gasteiger partial charge in [0, 0.05) is 19.5 Å². The predicted molar refractivity (Wildman–Crippen MR) is 76.7 cm³/mol. The number of ether oxygens (including phenoxy) is 1. The van der Waals surface area contributed by atoms with Crippen molar-refractivity contribution < 1.29 is 14.3 Å². The Balaban J connectivity index is 0.000000711. The minimum absolute atomic E-state index is 0.104. The lowest BCUT2D eigenvalue weighted by atomic mass is 9.84. The van der Waals surface area contributed by atoms with E-state index >= 15 is 0 Å². The van der Waals surface area contributed by atoms with E-state index in [1.807, 2.05) is 4.90 Å². The van der Waals surface area contributed by atoms with Gasteiger partial charge in [0.05, 0.1) is 7.11 Å². The molecule has 0 bridgehead atoms. The molecule has 0 aromatic heterocycles. The number of likely N-dealkylation sites (tertiary alicyclic amines) is 1. The van der Waals surface area contributed by atoms with Gasteiger partial charge in [0.2, 0.25) is 5.91 Å². The number of hydrogen-bond donors (Lipinski definition) is 0. The van der Waals surface area contributed by atoms with Crippen molar-refractivity contribution in [2.75, 3.05) is 20.2 Å². The molecule has 0 aromatic rings. The maximum atomic E-state index is 12.0. The molecular weight excluding hydrogens is 242 g/mol. The van der Waals surface area contributed by atoms with E-state index in [0.29, 0.717) is 24.7 Å². The van der Waals surface area contributed by atoms with Crippen LogP contribution < -0.4 is 0 Å². The molecule has 1 aliphatic heterocycles. The third kappa shape index (κ3) is 6.60. The summed E-state index contributed by atoms with van der Waals surface area (Å²) in [6.07, 6.45) is 0.662. The van der Waals surface area contributed by atoms with Crippen LogP contribution in [0.1, 0.15) is 48.0 Å². The summed E-state index contributed by atoms with van der Waals surface area (Å²) in [5, 5.41) is 0. The van der Waals surface area contributed by atoms with E-state index < -0.39 is 0 Å². The van der Waals surface area contributed by atoms with Crippen LogP contribution in [0.5, 0.6) is 0 Å². The van der Waals surface area contributed by atoms with Crippen molar-refractivity contribution in [2.24, 2.45) is 16.7 Å². The smallest absolute Gasteiger partial charge is 0.292 e. The molecule has 4 nitrogen and oxygen atoms in total. The summed E-state index contributed by atoms with van der Waals surface area (Å²) in [6, 6.07) is 0. The summed E-state index contributed by atoms with van der Waals surface area (Å²) in [5.74, 6) is 0.932. The van der Waals surface area contributed by atoms with Crippen molar-refractivity contribution in [2.45, 2.75) is 48.0 Å². The number of carbonyl (C=O) groups is 2. The van der Waals surface area contributed by atoms with E-state index in [1.165, 1.54) is 7.11 Å². The van der Waals surface area contributed by atoms with Gasteiger partial charge in [0.15, 0.2) is 0 Å². The van der Waals surface area contributed by atoms with E-state index in [2.05, 4.69) is 46.3 Å². The van der Waals surface area contributed by atoms with Gasteiger partial charge in [0.1, 0.15) is 0 Å². The summed E-state index contributed by atoms with van der Waals surface area (Å²) in [4.78, 5) is 23.0. The minimum atomic E-state index is 0.104. The molecular formula is C15H29NO3. The second-order valence-electron chi connectivity index (χ2n) is 7.23. The Kier molecular flexibility index (Phi) is 6.53. The van der Waals surface area contributed by atoms with Gasteiger partial charge in [-0.05, 0) is 16.7 Å². The lowest BCUT2D eigenvalue weighted by Crippen LogP contribution is -2.32. The molecule has 1 atom stereocenters. The highest BCUT2D eigenvalue weighted by Crippen LogP contribution is 2.35. The van der Waals surface area contributed by atoms with Gasteiger partial charge in [-0.1, -0.05) is 41.5 Å². The third-order valence-corrected chi connectivity index (χ3v) is 3.56. The van der Waals surface area contributed by atoms with E-state index in [4.69, 9.17) is 4.79 Å². The average Bonchev–Trinajstić information content (AvgIpc) is 2.52. The van der Waals surface area contributed by atoms with Crippen LogP contribution in [0, 0.1) is 16.7 Å². The minimum Gasteiger partial charge on any atom is -0.471 e. The number of carbonyl (C=O) groups excluding carboxylic acids is 2. The molecule has 0 aromatic carbocycles. The molecule has 1 amide bonds. The average molecular weight is 271 g/mol. The Morgan fingerprint density at radius 1 is 1.42 bits per heavy atom. The number of methoxy groups -OCH3 is 1. The van der Waals surface area contributed by atoms with Crippen molar-refractivity contribution in [3.05, 3.63) is 0 Å². The van der Waals surface area contributed by atoms with E-state index in [0.717, 1.165) is 13.1 Å². The molecule has 1 rings (SSSR count). The van der Waals surface area contributed by atoms with Crippen LogP contribution >= 0.6 is 0 Å². The molecule has 0 N–H and O–H groups in total. The Morgan fingerprint density at radius 3 is 2.16 bits per heavy atom. The fourth-order valence-corrected chi connectivity index (χ4v) is 2.05. The molecule has 0 aliphatic carbocycles. The fourth-order valence-electron chi connectivity index (χ4n) is 2.05. The fraction of sp³-hybridized carbons (Fsp3) is 0.867. The van der Waals surface area contributed by atoms with Crippen molar-refractivity contribution in [3.63, 3.8) is 0 Å². The SMILES string of the molecule is CC1CN(C(=O)CC(C)(C)C)CC1(C)C.COC=O. The molecule has 0 saturated carbocycles. The van der Waals surface area contributed by atoms with Crippen LogP contribution in [-0.2, 0) is 14.3 Å². The zero-order valence-corrected chi connectivity index (χ0v) is 13.4. The van der Waals surface area contributed by atoms with Crippen LogP contribution in [0.2, 0.25) is 0 Å². The maximum Gasteiger partial charge on any atom is 0.292 e. The lowest BCUT2D eigenvalue weighted by molar-refractivity contribution is -0.132. The Morgan fingerprint density at radius 2 is 1.89 bits per heavy atom. The summed E-state index contributed by atoms with van der Waals surface area (Å²) >= 11 is 0. The Hall–Kier alpha value is -1.06. The predicted octanol–water partition coefficient (Wildman–Crippen LogP) is 2.72. The molecule has 1 saturated heterocycles. The first-order valence-corrected chi connectivity index (χ1v) is 6.77. The van der Waals surface area contributed by atoms with Crippen LogP contribution in [0.4, 0.5) is 0 Å². The van der Waals surface area contributed by atoms with Gasteiger partial charge in [0.25, 0.3) is 6.47 Å². The highest BCUT2D eigenvalue weighted by Gasteiger charge is 2.38. The summed E-state index contributed by atoms with van der Waals surface area (Å²) in [7, 11) is 1.31. The van der Waals surface area contributed by atoms with E-state index in [1.54, 1.807) is 0 Å². The molecule has 0 radical (unpaired) electrons. The van der Waals surface area contributed by atoms with Crippen LogP contribution in [-0.4, -0.2) is 37.5 Å². The number of amides is 1. The zero-order valence-electron chi connectivity index (χ0n) is 13.4. The zero-order chi connectivity index (χ0) is 15.3. The summed E-state index contributed by atoms with van der Waals surface area (Å²) in [6.45, 7) is 15.3. The Bertz CT molecular complexity index is 305. The molecule has 1 heterocycles. The van der Waals surface area contributed by atoms with Crippen molar-refractivity contribution in [1.29, 1.82) is 0 Å². The van der Waals surface area contributed by atoms with Crippen molar-refractivity contribution in [3.8, 4) is 0 Å². The largest absolute Gasteiger partial charge is 0.471 e. The van der Waals surface area contributed by atoms with Gasteiger partial charge in [-0.25, -0.2) is 0 Å². The highest BCUT2D eigenvalue weighted by molar-refractivity contribution is 5.77. The van der Waals surface area contributed by atoms with Gasteiger partial charge >= 0.3 is 0 Å². The monoisotopic (exact) mass is 271 g/mol. The summed E-state index contributed by atoms with van der Waals surface area (Å²) in [5.41, 5.74) is 0.389. The van der Waals surface area contributed by atoms with Gasteiger partial charge in [-0.15, -0.1) is 0 Å². The van der Waals surface area contributed by atoms with Crippen LogP contribution in [0.25, 0.3) is 0 Å². The molecule has 1 aliphatic rings. The first kappa shape index (κ1) is 17.9. The number of hydrogen-bond acceptors (Lipinski definition) is 3. The first-order valence-electron chi connectivity index (χ1n) is 6.77. The van der Waals surface area contributed by atoms with Gasteiger partial charge < -0.3 is 9.64 Å². The van der Waals surface area contributed by atoms with Crippen molar-refractivity contribution in [1.82, 2.24) is 4.90 Å². The topological polar surface area (TPSA) is 46.6 Å². The molecule has 4 heteroatoms. The second kappa shape index (κ2) is 6.92. The second-order valence-corrected chi connectivity index (χ2v) is 7.23. The summed E-state index contributed by atoms with van der Waals surface area (Å²) < 4.78 is 3.86. The first-order chi connectivity index (χ1) is 8.53. The van der Waals surface area contributed by atoms with Crippen molar-refractivity contribution >= 4 is 12.4 Å². The molecule has 0 spiro atoms. The lowest BCUT2D eigenvalue weighted by Gasteiger charge is -2.24. The molecule has 1 fully saturated rings. The third-order valence-electron chi connectivity index (χ3n) is 3.56. The number of rotatable bonds is 2. The normalized spacial score (nSPS) is 21.4. The Labute approximate surface area is 117 Å². The number of nitrogens with zero attached hydrogens (tertiary/aromatic N) is 1. The molecule has 19 heavy (non-hydrogen) atoms. The van der Waals surface area contributed by atoms with E-state index in [9.17, 15) is 4.79 Å². The van der Waals surface area contributed by atoms with Gasteiger partial charge in [-0.3, -0.25) is 9.59 Å².